The van der Waals surface area contributed by atoms with Gasteiger partial charge in [0, 0.05) is 22.9 Å². The van der Waals surface area contributed by atoms with Crippen molar-refractivity contribution in [2.24, 2.45) is 0 Å². The van der Waals surface area contributed by atoms with E-state index in [0.717, 1.165) is 16.7 Å². The second-order valence-corrected chi connectivity index (χ2v) is 9.31. The Labute approximate surface area is 214 Å². The van der Waals surface area contributed by atoms with Crippen molar-refractivity contribution in [1.82, 2.24) is 10.6 Å². The van der Waals surface area contributed by atoms with Crippen molar-refractivity contribution in [3.63, 3.8) is 0 Å². The van der Waals surface area contributed by atoms with Crippen molar-refractivity contribution >= 4 is 41.6 Å². The van der Waals surface area contributed by atoms with Gasteiger partial charge in [-0.2, -0.15) is 11.8 Å². The van der Waals surface area contributed by atoms with Crippen LogP contribution in [0.5, 0.6) is 0 Å². The minimum atomic E-state index is -0.899. The van der Waals surface area contributed by atoms with Crippen molar-refractivity contribution in [1.29, 1.82) is 0 Å². The van der Waals surface area contributed by atoms with Crippen LogP contribution in [-0.4, -0.2) is 36.1 Å². The van der Waals surface area contributed by atoms with Gasteiger partial charge in [0.2, 0.25) is 5.91 Å². The molecule has 0 saturated carbocycles. The lowest BCUT2D eigenvalue weighted by molar-refractivity contribution is -0.125. The molecule has 3 rings (SSSR count). The molecule has 0 spiro atoms. The van der Waals surface area contributed by atoms with E-state index in [4.69, 9.17) is 16.3 Å². The molecule has 0 aliphatic heterocycles. The number of amides is 2. The van der Waals surface area contributed by atoms with Crippen molar-refractivity contribution in [2.45, 2.75) is 30.9 Å². The predicted molar refractivity (Wildman–Crippen MR) is 139 cm³/mol. The number of benzene rings is 3. The van der Waals surface area contributed by atoms with Crippen LogP contribution in [0.15, 0.2) is 84.9 Å². The van der Waals surface area contributed by atoms with Crippen LogP contribution >= 0.6 is 23.4 Å². The number of aldehydes is 1. The summed E-state index contributed by atoms with van der Waals surface area (Å²) in [5, 5.41) is 6.05. The first kappa shape index (κ1) is 26.3. The standard InChI is InChI=1S/C27H27ClN2O4S/c28-23-13-11-22(12-14-23)18-35-19-24(16-31)29-26(32)25(15-20-7-3-1-4-8-20)30-27(33)34-17-21-9-5-2-6-10-21/h1-14,16,24-25H,15,17-19H2,(H,29,32)(H,30,33). The topological polar surface area (TPSA) is 84.5 Å². The Balaban J connectivity index is 1.56. The van der Waals surface area contributed by atoms with E-state index in [1.807, 2.05) is 84.9 Å². The molecule has 182 valence electrons. The number of hydrogen-bond acceptors (Lipinski definition) is 5. The number of carbonyl (C=O) groups is 3. The largest absolute Gasteiger partial charge is 0.445 e. The van der Waals surface area contributed by atoms with Gasteiger partial charge in [-0.15, -0.1) is 0 Å². The lowest BCUT2D eigenvalue weighted by atomic mass is 10.1. The minimum Gasteiger partial charge on any atom is -0.445 e. The molecular weight excluding hydrogens is 484 g/mol. The lowest BCUT2D eigenvalue weighted by Crippen LogP contribution is -2.51. The SMILES string of the molecule is O=CC(CSCc1ccc(Cl)cc1)NC(=O)C(Cc1ccccc1)NC(=O)OCc1ccccc1. The Morgan fingerprint density at radius 2 is 1.49 bits per heavy atom. The highest BCUT2D eigenvalue weighted by atomic mass is 35.5. The number of rotatable bonds is 12. The molecule has 0 radical (unpaired) electrons. The number of hydrogen-bond donors (Lipinski definition) is 2. The third-order valence-corrected chi connectivity index (χ3v) is 6.46. The van der Waals surface area contributed by atoms with Crippen LogP contribution in [0.25, 0.3) is 0 Å². The number of carbonyl (C=O) groups excluding carboxylic acids is 3. The van der Waals surface area contributed by atoms with Crippen LogP contribution in [0.4, 0.5) is 4.79 Å². The maximum absolute atomic E-state index is 13.0. The summed E-state index contributed by atoms with van der Waals surface area (Å²) < 4.78 is 5.29. The molecule has 35 heavy (non-hydrogen) atoms. The minimum absolute atomic E-state index is 0.0879. The highest BCUT2D eigenvalue weighted by molar-refractivity contribution is 7.98. The van der Waals surface area contributed by atoms with Gasteiger partial charge in [0.25, 0.3) is 0 Å². The highest BCUT2D eigenvalue weighted by Gasteiger charge is 2.24. The normalized spacial score (nSPS) is 12.3. The van der Waals surface area contributed by atoms with E-state index in [1.54, 1.807) is 0 Å². The van der Waals surface area contributed by atoms with E-state index >= 15 is 0 Å². The second kappa shape index (κ2) is 14.2. The Morgan fingerprint density at radius 3 is 2.11 bits per heavy atom. The van der Waals surface area contributed by atoms with Gasteiger partial charge in [-0.3, -0.25) is 4.79 Å². The quantitative estimate of drug-likeness (QED) is 0.342. The Morgan fingerprint density at radius 1 is 0.857 bits per heavy atom. The molecule has 0 bridgehead atoms. The highest BCUT2D eigenvalue weighted by Crippen LogP contribution is 2.16. The summed E-state index contributed by atoms with van der Waals surface area (Å²) >= 11 is 7.43. The molecule has 2 unspecified atom stereocenters. The summed E-state index contributed by atoms with van der Waals surface area (Å²) in [5.41, 5.74) is 2.78. The van der Waals surface area contributed by atoms with Crippen LogP contribution in [0, 0.1) is 0 Å². The van der Waals surface area contributed by atoms with E-state index in [1.165, 1.54) is 11.8 Å². The summed E-state index contributed by atoms with van der Waals surface area (Å²) in [4.78, 5) is 37.1. The number of thioether (sulfide) groups is 1. The number of nitrogens with one attached hydrogen (secondary N) is 2. The molecule has 0 aliphatic rings. The maximum Gasteiger partial charge on any atom is 0.408 e. The first-order valence-corrected chi connectivity index (χ1v) is 12.7. The molecule has 0 fully saturated rings. The average Bonchev–Trinajstić information content (AvgIpc) is 2.88. The number of alkyl carbamates (subject to hydrolysis) is 1. The molecule has 2 N–H and O–H groups in total. The summed E-state index contributed by atoms with van der Waals surface area (Å²) in [6, 6.07) is 24.5. The maximum atomic E-state index is 13.0. The van der Waals surface area contributed by atoms with Gasteiger partial charge >= 0.3 is 6.09 Å². The van der Waals surface area contributed by atoms with Crippen LogP contribution in [0.2, 0.25) is 5.02 Å². The van der Waals surface area contributed by atoms with E-state index < -0.39 is 24.1 Å². The van der Waals surface area contributed by atoms with Gasteiger partial charge in [-0.05, 0) is 28.8 Å². The van der Waals surface area contributed by atoms with E-state index in [2.05, 4.69) is 10.6 Å². The summed E-state index contributed by atoms with van der Waals surface area (Å²) in [7, 11) is 0. The predicted octanol–water partition coefficient (Wildman–Crippen LogP) is 4.79. The lowest BCUT2D eigenvalue weighted by Gasteiger charge is -2.21. The fourth-order valence-electron chi connectivity index (χ4n) is 3.25. The fraction of sp³-hybridized carbons (Fsp3) is 0.222. The summed E-state index contributed by atoms with van der Waals surface area (Å²) in [5.74, 6) is 0.623. The van der Waals surface area contributed by atoms with E-state index in [0.29, 0.717) is 22.8 Å². The molecule has 0 aliphatic carbocycles. The van der Waals surface area contributed by atoms with Crippen LogP contribution in [-0.2, 0) is 33.1 Å². The van der Waals surface area contributed by atoms with Crippen LogP contribution in [0.1, 0.15) is 16.7 Å². The van der Waals surface area contributed by atoms with Crippen LogP contribution < -0.4 is 10.6 Å². The third-order valence-electron chi connectivity index (χ3n) is 5.08. The van der Waals surface area contributed by atoms with E-state index in [9.17, 15) is 14.4 Å². The van der Waals surface area contributed by atoms with Crippen molar-refractivity contribution in [3.8, 4) is 0 Å². The van der Waals surface area contributed by atoms with Gasteiger partial charge in [0.05, 0.1) is 6.04 Å². The molecule has 2 atom stereocenters. The van der Waals surface area contributed by atoms with Crippen molar-refractivity contribution < 1.29 is 19.1 Å². The zero-order valence-electron chi connectivity index (χ0n) is 19.1. The Bertz CT molecular complexity index is 1080. The molecule has 0 saturated heterocycles. The molecule has 0 aromatic heterocycles. The average molecular weight is 511 g/mol. The smallest absolute Gasteiger partial charge is 0.408 e. The zero-order valence-corrected chi connectivity index (χ0v) is 20.6. The first-order chi connectivity index (χ1) is 17.0. The van der Waals surface area contributed by atoms with Gasteiger partial charge in [-0.25, -0.2) is 4.79 Å². The van der Waals surface area contributed by atoms with E-state index in [-0.39, 0.29) is 13.0 Å². The first-order valence-electron chi connectivity index (χ1n) is 11.1. The van der Waals surface area contributed by atoms with Crippen molar-refractivity contribution in [2.75, 3.05) is 5.75 Å². The molecule has 0 heterocycles. The van der Waals surface area contributed by atoms with Gasteiger partial charge in [0.1, 0.15) is 18.9 Å². The van der Waals surface area contributed by atoms with Gasteiger partial charge < -0.3 is 20.2 Å². The summed E-state index contributed by atoms with van der Waals surface area (Å²) in [6.07, 6.45) is 0.265. The molecule has 2 amide bonds. The van der Waals surface area contributed by atoms with Crippen LogP contribution in [0.3, 0.4) is 0 Å². The molecular formula is C27H27ClN2O4S. The Hall–Kier alpha value is -3.29. The summed E-state index contributed by atoms with van der Waals surface area (Å²) in [6.45, 7) is 0.0879. The second-order valence-electron chi connectivity index (χ2n) is 7.84. The molecule has 8 heteroatoms. The molecule has 3 aromatic carbocycles. The third kappa shape index (κ3) is 9.47. The van der Waals surface area contributed by atoms with Gasteiger partial charge in [-0.1, -0.05) is 84.4 Å². The number of halogens is 1. The number of ether oxygens (including phenoxy) is 1. The zero-order chi connectivity index (χ0) is 24.9. The molecule has 3 aromatic rings. The monoisotopic (exact) mass is 510 g/mol. The molecule has 6 nitrogen and oxygen atoms in total. The van der Waals surface area contributed by atoms with Gasteiger partial charge in [0.15, 0.2) is 0 Å². The van der Waals surface area contributed by atoms with Crippen molar-refractivity contribution in [3.05, 3.63) is 107 Å². The Kier molecular flexibility index (Phi) is 10.7. The fourth-order valence-corrected chi connectivity index (χ4v) is 4.34.